The first-order valence-corrected chi connectivity index (χ1v) is 11.5. The number of aliphatic hydroxyl groups is 1. The molecule has 10 heteroatoms. The van der Waals surface area contributed by atoms with E-state index in [0.29, 0.717) is 27.3 Å². The van der Waals surface area contributed by atoms with E-state index in [0.717, 1.165) is 23.5 Å². The molecule has 1 N–H and O–H groups in total. The summed E-state index contributed by atoms with van der Waals surface area (Å²) in [6.07, 6.45) is 0. The van der Waals surface area contributed by atoms with Crippen LogP contribution >= 0.6 is 11.3 Å². The van der Waals surface area contributed by atoms with Gasteiger partial charge in [-0.15, -0.1) is 0 Å². The van der Waals surface area contributed by atoms with Crippen molar-refractivity contribution in [2.45, 2.75) is 6.04 Å². The molecule has 1 fully saturated rings. The van der Waals surface area contributed by atoms with Crippen molar-refractivity contribution in [2.24, 2.45) is 0 Å². The molecule has 0 bridgehead atoms. The molecule has 0 radical (unpaired) electrons. The summed E-state index contributed by atoms with van der Waals surface area (Å²) in [5.74, 6) is -2.55. The zero-order valence-corrected chi connectivity index (χ0v) is 19.8. The van der Waals surface area contributed by atoms with Crippen LogP contribution in [0.3, 0.4) is 0 Å². The largest absolute Gasteiger partial charge is 0.507 e. The number of halogens is 2. The lowest BCUT2D eigenvalue weighted by Crippen LogP contribution is -2.29. The number of anilines is 1. The van der Waals surface area contributed by atoms with Gasteiger partial charge >= 0.3 is 5.91 Å². The van der Waals surface area contributed by atoms with E-state index in [9.17, 15) is 23.5 Å². The number of nitrogens with zero attached hydrogens (tertiary/aromatic N) is 2. The summed E-state index contributed by atoms with van der Waals surface area (Å²) in [6, 6.07) is 12.7. The maximum Gasteiger partial charge on any atom is 0.301 e. The first-order chi connectivity index (χ1) is 17.3. The minimum atomic E-state index is -1.10. The molecule has 1 aliphatic heterocycles. The second-order valence-electron chi connectivity index (χ2n) is 7.90. The van der Waals surface area contributed by atoms with Crippen molar-refractivity contribution in [3.63, 3.8) is 0 Å². The first kappa shape index (κ1) is 23.4. The second-order valence-corrected chi connectivity index (χ2v) is 8.91. The quantitative estimate of drug-likeness (QED) is 0.226. The van der Waals surface area contributed by atoms with Crippen LogP contribution in [0.1, 0.15) is 17.2 Å². The average molecular weight is 509 g/mol. The molecule has 1 saturated heterocycles. The van der Waals surface area contributed by atoms with Gasteiger partial charge in [0, 0.05) is 5.56 Å². The first-order valence-electron chi connectivity index (χ1n) is 10.7. The second kappa shape index (κ2) is 9.04. The lowest BCUT2D eigenvalue weighted by Gasteiger charge is -2.23. The van der Waals surface area contributed by atoms with Crippen molar-refractivity contribution in [2.75, 3.05) is 19.1 Å². The number of ether oxygens (including phenoxy) is 2. The van der Waals surface area contributed by atoms with E-state index < -0.39 is 35.1 Å². The molecule has 1 amide bonds. The predicted molar refractivity (Wildman–Crippen MR) is 130 cm³/mol. The monoisotopic (exact) mass is 508 g/mol. The molecular weight excluding hydrogens is 490 g/mol. The van der Waals surface area contributed by atoms with E-state index in [1.165, 1.54) is 49.5 Å². The highest BCUT2D eigenvalue weighted by Crippen LogP contribution is 2.45. The molecule has 182 valence electrons. The number of hydrogen-bond donors (Lipinski definition) is 1. The maximum atomic E-state index is 13.8. The van der Waals surface area contributed by atoms with Crippen molar-refractivity contribution >= 4 is 44.1 Å². The molecule has 7 nitrogen and oxygen atoms in total. The van der Waals surface area contributed by atoms with Gasteiger partial charge in [0.1, 0.15) is 17.4 Å². The van der Waals surface area contributed by atoms with Gasteiger partial charge in [0.25, 0.3) is 5.78 Å². The molecule has 3 aromatic carbocycles. The molecule has 0 spiro atoms. The van der Waals surface area contributed by atoms with Gasteiger partial charge in [0.05, 0.1) is 36.1 Å². The molecule has 0 unspecified atom stereocenters. The number of hydrogen-bond acceptors (Lipinski definition) is 7. The number of rotatable bonds is 5. The Kier molecular flexibility index (Phi) is 5.89. The highest BCUT2D eigenvalue weighted by molar-refractivity contribution is 7.22. The number of aromatic nitrogens is 1. The highest BCUT2D eigenvalue weighted by atomic mass is 32.1. The van der Waals surface area contributed by atoms with E-state index >= 15 is 0 Å². The molecule has 36 heavy (non-hydrogen) atoms. The third-order valence-corrected chi connectivity index (χ3v) is 6.85. The van der Waals surface area contributed by atoms with E-state index in [1.807, 2.05) is 0 Å². The minimum Gasteiger partial charge on any atom is -0.507 e. The smallest absolute Gasteiger partial charge is 0.301 e. The van der Waals surface area contributed by atoms with E-state index in [2.05, 4.69) is 4.98 Å². The summed E-state index contributed by atoms with van der Waals surface area (Å²) in [7, 11) is 2.91. The van der Waals surface area contributed by atoms with Crippen molar-refractivity contribution in [3.8, 4) is 11.5 Å². The summed E-state index contributed by atoms with van der Waals surface area (Å²) in [4.78, 5) is 32.2. The van der Waals surface area contributed by atoms with Gasteiger partial charge in [-0.2, -0.15) is 0 Å². The van der Waals surface area contributed by atoms with Gasteiger partial charge in [-0.25, -0.2) is 13.8 Å². The number of aliphatic hydroxyl groups excluding tert-OH is 1. The van der Waals surface area contributed by atoms with Crippen LogP contribution in [0.5, 0.6) is 11.5 Å². The number of Topliss-reactive ketones (excluding diaryl/α,β-unsaturated/α-hetero) is 1. The number of fused-ring (bicyclic) bond motifs is 1. The Labute approximate surface area is 207 Å². The van der Waals surface area contributed by atoms with Crippen LogP contribution in [0.4, 0.5) is 13.9 Å². The number of benzene rings is 3. The number of methoxy groups -OCH3 is 2. The van der Waals surface area contributed by atoms with Crippen LogP contribution in [0.15, 0.2) is 66.2 Å². The van der Waals surface area contributed by atoms with Crippen molar-refractivity contribution < 1.29 is 33.0 Å². The normalized spacial score (nSPS) is 17.1. The summed E-state index contributed by atoms with van der Waals surface area (Å²) < 4.78 is 38.5. The van der Waals surface area contributed by atoms with Gasteiger partial charge in [-0.05, 0) is 60.2 Å². The SMILES string of the molecule is COc1ccc([C@H]2C(=C(O)c3ccc(F)cc3)C(=O)C(=O)N2c2nc3ccc(F)cc3s2)cc1OC. The molecule has 1 atom stereocenters. The zero-order chi connectivity index (χ0) is 25.6. The summed E-state index contributed by atoms with van der Waals surface area (Å²) in [5.41, 5.74) is 0.833. The number of carbonyl (C=O) groups is 2. The van der Waals surface area contributed by atoms with Crippen LogP contribution in [0.25, 0.3) is 16.0 Å². The lowest BCUT2D eigenvalue weighted by atomic mass is 9.95. The third-order valence-electron chi connectivity index (χ3n) is 5.83. The van der Waals surface area contributed by atoms with E-state index in [-0.39, 0.29) is 16.3 Å². The summed E-state index contributed by atoms with van der Waals surface area (Å²) in [5, 5.41) is 11.3. The summed E-state index contributed by atoms with van der Waals surface area (Å²) in [6.45, 7) is 0. The highest BCUT2D eigenvalue weighted by Gasteiger charge is 2.48. The Morgan fingerprint density at radius 3 is 2.33 bits per heavy atom. The molecule has 4 aromatic rings. The summed E-state index contributed by atoms with van der Waals surface area (Å²) >= 11 is 1.03. The van der Waals surface area contributed by atoms with Crippen molar-refractivity contribution in [1.82, 2.24) is 4.98 Å². The molecule has 2 heterocycles. The van der Waals surface area contributed by atoms with Crippen molar-refractivity contribution in [3.05, 3.63) is 89.0 Å². The molecule has 0 aliphatic carbocycles. The Morgan fingerprint density at radius 2 is 1.64 bits per heavy atom. The van der Waals surface area contributed by atoms with Gasteiger partial charge in [0.2, 0.25) is 0 Å². The van der Waals surface area contributed by atoms with Gasteiger partial charge in [-0.3, -0.25) is 14.5 Å². The van der Waals surface area contributed by atoms with Crippen molar-refractivity contribution in [1.29, 1.82) is 0 Å². The van der Waals surface area contributed by atoms with Crippen LogP contribution < -0.4 is 14.4 Å². The standard InChI is InChI=1S/C26H18F2N2O5S/c1-34-18-10-5-14(11-19(18)35-2)22-21(23(31)13-3-6-15(27)7-4-13)24(32)25(33)30(22)26-29-17-9-8-16(28)12-20(17)36-26/h3-12,22,31H,1-2H3/t22-/m0/s1. The Balaban J connectivity index is 1.75. The van der Waals surface area contributed by atoms with Crippen LogP contribution in [0, 0.1) is 11.6 Å². The number of amides is 1. The molecule has 5 rings (SSSR count). The van der Waals surface area contributed by atoms with Gasteiger partial charge in [-0.1, -0.05) is 17.4 Å². The fourth-order valence-corrected chi connectivity index (χ4v) is 5.14. The number of thiazole rings is 1. The predicted octanol–water partition coefficient (Wildman–Crippen LogP) is 5.22. The van der Waals surface area contributed by atoms with E-state index in [1.54, 1.807) is 18.2 Å². The molecule has 1 aromatic heterocycles. The molecule has 0 saturated carbocycles. The van der Waals surface area contributed by atoms with Crippen LogP contribution in [-0.2, 0) is 9.59 Å². The van der Waals surface area contributed by atoms with Crippen LogP contribution in [-0.4, -0.2) is 36.0 Å². The lowest BCUT2D eigenvalue weighted by molar-refractivity contribution is -0.132. The zero-order valence-electron chi connectivity index (χ0n) is 19.0. The van der Waals surface area contributed by atoms with Crippen LogP contribution in [0.2, 0.25) is 0 Å². The third kappa shape index (κ3) is 3.85. The fraction of sp³-hybridized carbons (Fsp3) is 0.115. The van der Waals surface area contributed by atoms with Gasteiger partial charge in [0.15, 0.2) is 16.6 Å². The Bertz CT molecular complexity index is 1550. The van der Waals surface area contributed by atoms with E-state index in [4.69, 9.17) is 9.47 Å². The maximum absolute atomic E-state index is 13.8. The minimum absolute atomic E-state index is 0.149. The van der Waals surface area contributed by atoms with Gasteiger partial charge < -0.3 is 14.6 Å². The molecular formula is C26H18F2N2O5S. The number of ketones is 1. The number of carbonyl (C=O) groups excluding carboxylic acids is 2. The Hall–Kier alpha value is -4.31. The Morgan fingerprint density at radius 1 is 0.944 bits per heavy atom. The fourth-order valence-electron chi connectivity index (χ4n) is 4.12. The topological polar surface area (TPSA) is 89.0 Å². The molecule has 1 aliphatic rings. The average Bonchev–Trinajstić information content (AvgIpc) is 3.41.